The van der Waals surface area contributed by atoms with Gasteiger partial charge in [-0.15, -0.1) is 0 Å². The van der Waals surface area contributed by atoms with E-state index in [1.165, 1.54) is 0 Å². The van der Waals surface area contributed by atoms with Crippen LogP contribution in [0, 0.1) is 11.8 Å². The van der Waals surface area contributed by atoms with Crippen LogP contribution in [0.25, 0.3) is 0 Å². The van der Waals surface area contributed by atoms with Gasteiger partial charge in [0.1, 0.15) is 0 Å². The Labute approximate surface area is 149 Å². The zero-order chi connectivity index (χ0) is 17.4. The van der Waals surface area contributed by atoms with Crippen LogP contribution < -0.4 is 4.90 Å². The molecule has 2 fully saturated rings. The van der Waals surface area contributed by atoms with Crippen LogP contribution in [0.1, 0.15) is 23.2 Å². The van der Waals surface area contributed by atoms with E-state index in [1.807, 2.05) is 34.1 Å². The lowest BCUT2D eigenvalue weighted by atomic mass is 9.86. The highest BCUT2D eigenvalue weighted by Crippen LogP contribution is 2.34. The molecule has 1 aliphatic carbocycles. The minimum Gasteiger partial charge on any atom is -0.369 e. The molecular formula is C19H24N2O3S. The fourth-order valence-corrected chi connectivity index (χ4v) is 5.44. The maximum Gasteiger partial charge on any atom is 0.255 e. The Balaban J connectivity index is 1.54. The Bertz CT molecular complexity index is 773. The Morgan fingerprint density at radius 1 is 0.960 bits per heavy atom. The highest BCUT2D eigenvalue weighted by molar-refractivity contribution is 7.91. The quantitative estimate of drug-likeness (QED) is 0.757. The average Bonchev–Trinajstić information content (AvgIpc) is 3.05. The molecule has 4 rings (SSSR count). The number of anilines is 1. The molecule has 2 aliphatic heterocycles. The zero-order valence-corrected chi connectivity index (χ0v) is 15.1. The molecule has 0 N–H and O–H groups in total. The van der Waals surface area contributed by atoms with Gasteiger partial charge >= 0.3 is 0 Å². The first-order valence-electron chi connectivity index (χ1n) is 9.02. The van der Waals surface area contributed by atoms with Crippen molar-refractivity contribution in [3.63, 3.8) is 0 Å². The number of fused-ring (bicyclic) bond motifs is 1. The summed E-state index contributed by atoms with van der Waals surface area (Å²) in [6.45, 7) is 2.58. The van der Waals surface area contributed by atoms with Crippen LogP contribution in [0.2, 0.25) is 0 Å². The fourth-order valence-electron chi connectivity index (χ4n) is 4.23. The van der Waals surface area contributed by atoms with E-state index in [-0.39, 0.29) is 17.4 Å². The SMILES string of the molecule is O=C(c1ccccc1N1CCS(=O)(=O)CC1)N1C[C@H]2CC=CC[C@H]2C1. The smallest absolute Gasteiger partial charge is 0.255 e. The molecule has 3 aliphatic rings. The number of carbonyl (C=O) groups excluding carboxylic acids is 1. The number of allylic oxidation sites excluding steroid dienone is 2. The Kier molecular flexibility index (Phi) is 4.31. The molecule has 0 aromatic heterocycles. The summed E-state index contributed by atoms with van der Waals surface area (Å²) >= 11 is 0. The first-order chi connectivity index (χ1) is 12.0. The van der Waals surface area contributed by atoms with Gasteiger partial charge in [-0.25, -0.2) is 8.42 Å². The van der Waals surface area contributed by atoms with E-state index in [2.05, 4.69) is 12.2 Å². The molecule has 134 valence electrons. The number of rotatable bonds is 2. The minimum atomic E-state index is -2.93. The van der Waals surface area contributed by atoms with Crippen LogP contribution in [0.5, 0.6) is 0 Å². The molecule has 0 saturated carbocycles. The van der Waals surface area contributed by atoms with Crippen molar-refractivity contribution in [3.8, 4) is 0 Å². The van der Waals surface area contributed by atoms with Crippen molar-refractivity contribution in [1.82, 2.24) is 4.90 Å². The van der Waals surface area contributed by atoms with E-state index < -0.39 is 9.84 Å². The van der Waals surface area contributed by atoms with Gasteiger partial charge in [-0.1, -0.05) is 24.3 Å². The number of sulfone groups is 1. The largest absolute Gasteiger partial charge is 0.369 e. The first-order valence-corrected chi connectivity index (χ1v) is 10.8. The number of benzene rings is 1. The Hall–Kier alpha value is -1.82. The van der Waals surface area contributed by atoms with Gasteiger partial charge in [0.05, 0.1) is 17.1 Å². The molecule has 0 radical (unpaired) electrons. The topological polar surface area (TPSA) is 57.7 Å². The van der Waals surface area contributed by atoms with Gasteiger partial charge in [0, 0.05) is 31.9 Å². The van der Waals surface area contributed by atoms with Gasteiger partial charge < -0.3 is 9.80 Å². The lowest BCUT2D eigenvalue weighted by Gasteiger charge is -2.31. The number of amides is 1. The maximum absolute atomic E-state index is 13.1. The monoisotopic (exact) mass is 360 g/mol. The van der Waals surface area contributed by atoms with Crippen molar-refractivity contribution >= 4 is 21.4 Å². The number of para-hydroxylation sites is 1. The summed E-state index contributed by atoms with van der Waals surface area (Å²) in [7, 11) is -2.93. The third-order valence-corrected chi connectivity index (χ3v) is 7.34. The van der Waals surface area contributed by atoms with Gasteiger partial charge in [-0.2, -0.15) is 0 Å². The number of hydrogen-bond acceptors (Lipinski definition) is 4. The molecule has 0 spiro atoms. The third kappa shape index (κ3) is 3.32. The van der Waals surface area contributed by atoms with E-state index in [4.69, 9.17) is 0 Å². The van der Waals surface area contributed by atoms with Gasteiger partial charge in [0.2, 0.25) is 0 Å². The van der Waals surface area contributed by atoms with E-state index in [9.17, 15) is 13.2 Å². The number of carbonyl (C=O) groups is 1. The summed E-state index contributed by atoms with van der Waals surface area (Å²) in [4.78, 5) is 17.2. The zero-order valence-electron chi connectivity index (χ0n) is 14.3. The molecule has 0 bridgehead atoms. The summed E-state index contributed by atoms with van der Waals surface area (Å²) < 4.78 is 23.4. The molecule has 6 heteroatoms. The number of likely N-dealkylation sites (tertiary alicyclic amines) is 1. The van der Waals surface area contributed by atoms with Crippen LogP contribution in [-0.4, -0.2) is 56.9 Å². The van der Waals surface area contributed by atoms with Gasteiger partial charge in [-0.3, -0.25) is 4.79 Å². The highest BCUT2D eigenvalue weighted by atomic mass is 32.2. The second kappa shape index (κ2) is 6.48. The van der Waals surface area contributed by atoms with Crippen molar-refractivity contribution in [2.75, 3.05) is 42.6 Å². The summed E-state index contributed by atoms with van der Waals surface area (Å²) in [5.41, 5.74) is 1.57. The minimum absolute atomic E-state index is 0.0819. The van der Waals surface area contributed by atoms with E-state index in [0.717, 1.165) is 31.6 Å². The lowest BCUT2D eigenvalue weighted by Crippen LogP contribution is -2.41. The molecular weight excluding hydrogens is 336 g/mol. The first kappa shape index (κ1) is 16.6. The fraction of sp³-hybridized carbons (Fsp3) is 0.526. The van der Waals surface area contributed by atoms with Crippen molar-refractivity contribution in [2.24, 2.45) is 11.8 Å². The highest BCUT2D eigenvalue weighted by Gasteiger charge is 2.36. The summed E-state index contributed by atoms with van der Waals surface area (Å²) in [6, 6.07) is 7.63. The molecule has 2 saturated heterocycles. The van der Waals surface area contributed by atoms with E-state index in [0.29, 0.717) is 30.5 Å². The Morgan fingerprint density at radius 3 is 2.20 bits per heavy atom. The Morgan fingerprint density at radius 2 is 1.56 bits per heavy atom. The van der Waals surface area contributed by atoms with Gasteiger partial charge in [0.15, 0.2) is 9.84 Å². The predicted octanol–water partition coefficient (Wildman–Crippen LogP) is 1.96. The summed E-state index contributed by atoms with van der Waals surface area (Å²) in [5, 5.41) is 0. The average molecular weight is 360 g/mol. The van der Waals surface area contributed by atoms with E-state index in [1.54, 1.807) is 0 Å². The molecule has 25 heavy (non-hydrogen) atoms. The number of nitrogens with zero attached hydrogens (tertiary/aromatic N) is 2. The standard InChI is InChI=1S/C19H24N2O3S/c22-19(21-13-15-5-1-2-6-16(15)14-21)17-7-3-4-8-18(17)20-9-11-25(23,24)12-10-20/h1-4,7-8,15-16H,5-6,9-14H2/t15-,16+. The van der Waals surface area contributed by atoms with Crippen LogP contribution >= 0.6 is 0 Å². The number of hydrogen-bond donors (Lipinski definition) is 0. The van der Waals surface area contributed by atoms with Crippen molar-refractivity contribution in [1.29, 1.82) is 0 Å². The molecule has 2 atom stereocenters. The third-order valence-electron chi connectivity index (χ3n) is 5.73. The van der Waals surface area contributed by atoms with Crippen molar-refractivity contribution in [2.45, 2.75) is 12.8 Å². The summed E-state index contributed by atoms with van der Waals surface area (Å²) in [5.74, 6) is 1.57. The molecule has 0 unspecified atom stereocenters. The normalized spacial score (nSPS) is 28.0. The van der Waals surface area contributed by atoms with Crippen LogP contribution in [0.4, 0.5) is 5.69 Å². The van der Waals surface area contributed by atoms with Crippen LogP contribution in [0.3, 0.4) is 0 Å². The molecule has 5 nitrogen and oxygen atoms in total. The second-order valence-electron chi connectivity index (χ2n) is 7.33. The van der Waals surface area contributed by atoms with Crippen LogP contribution in [-0.2, 0) is 9.84 Å². The lowest BCUT2D eigenvalue weighted by molar-refractivity contribution is 0.0785. The second-order valence-corrected chi connectivity index (χ2v) is 9.63. The van der Waals surface area contributed by atoms with Crippen LogP contribution in [0.15, 0.2) is 36.4 Å². The maximum atomic E-state index is 13.1. The predicted molar refractivity (Wildman–Crippen MR) is 98.6 cm³/mol. The molecule has 1 aromatic carbocycles. The van der Waals surface area contributed by atoms with Crippen molar-refractivity contribution in [3.05, 3.63) is 42.0 Å². The summed E-state index contributed by atoms with van der Waals surface area (Å²) in [6.07, 6.45) is 6.61. The molecule has 1 aromatic rings. The van der Waals surface area contributed by atoms with Gasteiger partial charge in [0.25, 0.3) is 5.91 Å². The molecule has 2 heterocycles. The molecule has 1 amide bonds. The van der Waals surface area contributed by atoms with Crippen molar-refractivity contribution < 1.29 is 13.2 Å². The van der Waals surface area contributed by atoms with E-state index >= 15 is 0 Å². The van der Waals surface area contributed by atoms with Gasteiger partial charge in [-0.05, 0) is 36.8 Å².